The van der Waals surface area contributed by atoms with Gasteiger partial charge in [0, 0.05) is 12.3 Å². The predicted octanol–water partition coefficient (Wildman–Crippen LogP) is 1.33. The summed E-state index contributed by atoms with van der Waals surface area (Å²) < 4.78 is 5.45. The number of benzene rings is 1. The summed E-state index contributed by atoms with van der Waals surface area (Å²) in [5, 5.41) is 8.76. The number of amides is 2. The highest BCUT2D eigenvalue weighted by molar-refractivity contribution is 6.03. The van der Waals surface area contributed by atoms with Crippen LogP contribution in [-0.2, 0) is 9.59 Å². The number of likely N-dealkylation sites (tertiary alicyclic amines) is 1. The van der Waals surface area contributed by atoms with Crippen LogP contribution in [0.2, 0.25) is 0 Å². The van der Waals surface area contributed by atoms with E-state index >= 15 is 0 Å². The molecule has 0 aromatic heterocycles. The molecule has 2 rings (SSSR count). The molecule has 5 nitrogen and oxygen atoms in total. The van der Waals surface area contributed by atoms with Crippen LogP contribution < -0.4 is 4.74 Å². The Kier molecular flexibility index (Phi) is 3.81. The summed E-state index contributed by atoms with van der Waals surface area (Å²) >= 11 is 0. The average Bonchev–Trinajstić information content (AvgIpc) is 2.65. The van der Waals surface area contributed by atoms with Gasteiger partial charge in [0.2, 0.25) is 11.8 Å². The number of rotatable bonds is 4. The Hall–Kier alpha value is -2.35. The molecule has 1 saturated heterocycles. The number of ether oxygens (including phenoxy) is 1. The lowest BCUT2D eigenvalue weighted by atomic mass is 10.1. The molecule has 5 heteroatoms. The largest absolute Gasteiger partial charge is 0.492 e. The Morgan fingerprint density at radius 1 is 1.47 bits per heavy atom. The first-order valence-electron chi connectivity index (χ1n) is 6.09. The quantitative estimate of drug-likeness (QED) is 0.764. The minimum atomic E-state index is -0.227. The summed E-state index contributed by atoms with van der Waals surface area (Å²) in [6, 6.07) is 8.78. The summed E-state index contributed by atoms with van der Waals surface area (Å²) in [5.74, 6) is 0.0480. The fourth-order valence-corrected chi connectivity index (χ4v) is 1.99. The molecular weight excluding hydrogens is 244 g/mol. The maximum Gasteiger partial charge on any atom is 0.232 e. The Balaban J connectivity index is 1.88. The van der Waals surface area contributed by atoms with Crippen LogP contribution in [0.1, 0.15) is 18.9 Å². The fourth-order valence-electron chi connectivity index (χ4n) is 1.99. The van der Waals surface area contributed by atoms with Crippen LogP contribution in [0.25, 0.3) is 0 Å². The molecule has 0 spiro atoms. The van der Waals surface area contributed by atoms with Crippen molar-refractivity contribution in [2.45, 2.75) is 13.3 Å². The second-order valence-corrected chi connectivity index (χ2v) is 4.48. The lowest BCUT2D eigenvalue weighted by molar-refractivity contribution is -0.139. The van der Waals surface area contributed by atoms with Gasteiger partial charge >= 0.3 is 0 Å². The van der Waals surface area contributed by atoms with Crippen LogP contribution in [0.15, 0.2) is 24.3 Å². The molecular formula is C14H14N2O3. The van der Waals surface area contributed by atoms with E-state index in [4.69, 9.17) is 10.00 Å². The maximum atomic E-state index is 11.7. The molecule has 1 aromatic carbocycles. The second kappa shape index (κ2) is 5.53. The van der Waals surface area contributed by atoms with Gasteiger partial charge in [0.25, 0.3) is 0 Å². The molecule has 1 aromatic rings. The highest BCUT2D eigenvalue weighted by atomic mass is 16.5. The summed E-state index contributed by atoms with van der Waals surface area (Å²) in [5.41, 5.74) is 0.513. The topological polar surface area (TPSA) is 70.4 Å². The zero-order valence-electron chi connectivity index (χ0n) is 10.6. The number of nitrogens with zero attached hydrogens (tertiary/aromatic N) is 2. The van der Waals surface area contributed by atoms with Gasteiger partial charge in [-0.3, -0.25) is 14.5 Å². The zero-order valence-corrected chi connectivity index (χ0v) is 10.6. The van der Waals surface area contributed by atoms with Crippen LogP contribution >= 0.6 is 0 Å². The van der Waals surface area contributed by atoms with E-state index in [1.807, 2.05) is 6.07 Å². The number of carbonyl (C=O) groups is 2. The second-order valence-electron chi connectivity index (χ2n) is 4.48. The monoisotopic (exact) mass is 258 g/mol. The molecule has 2 amide bonds. The molecule has 1 unspecified atom stereocenters. The van der Waals surface area contributed by atoms with Gasteiger partial charge in [-0.15, -0.1) is 0 Å². The minimum absolute atomic E-state index is 0.139. The molecule has 19 heavy (non-hydrogen) atoms. The van der Waals surface area contributed by atoms with Gasteiger partial charge < -0.3 is 4.74 Å². The van der Waals surface area contributed by atoms with Crippen molar-refractivity contribution < 1.29 is 14.3 Å². The van der Waals surface area contributed by atoms with Gasteiger partial charge in [0.1, 0.15) is 12.4 Å². The van der Waals surface area contributed by atoms with Crippen molar-refractivity contribution in [1.82, 2.24) is 4.90 Å². The Labute approximate surface area is 111 Å². The number of carbonyl (C=O) groups excluding carboxylic acids is 2. The molecule has 1 fully saturated rings. The molecule has 0 N–H and O–H groups in total. The number of hydrogen-bond acceptors (Lipinski definition) is 4. The lowest BCUT2D eigenvalue weighted by Crippen LogP contribution is -2.34. The van der Waals surface area contributed by atoms with Crippen molar-refractivity contribution in [3.8, 4) is 11.8 Å². The maximum absolute atomic E-state index is 11.7. The number of nitriles is 1. The first kappa shape index (κ1) is 13.1. The average molecular weight is 258 g/mol. The van der Waals surface area contributed by atoms with Gasteiger partial charge in [-0.05, 0) is 18.2 Å². The molecule has 1 heterocycles. The van der Waals surface area contributed by atoms with E-state index in [2.05, 4.69) is 0 Å². The Bertz CT molecular complexity index is 548. The van der Waals surface area contributed by atoms with Crippen molar-refractivity contribution in [3.05, 3.63) is 29.8 Å². The smallest absolute Gasteiger partial charge is 0.232 e. The molecule has 98 valence electrons. The van der Waals surface area contributed by atoms with Crippen molar-refractivity contribution in [2.75, 3.05) is 13.2 Å². The zero-order chi connectivity index (χ0) is 13.8. The molecule has 0 radical (unpaired) electrons. The summed E-state index contributed by atoms with van der Waals surface area (Å²) in [4.78, 5) is 24.4. The first-order valence-corrected chi connectivity index (χ1v) is 6.09. The van der Waals surface area contributed by atoms with E-state index in [9.17, 15) is 9.59 Å². The molecule has 1 atom stereocenters. The molecule has 0 aliphatic carbocycles. The van der Waals surface area contributed by atoms with Crippen LogP contribution in [0.3, 0.4) is 0 Å². The SMILES string of the molecule is CC1CC(=O)N(CCOc2cccc(C#N)c2)C1=O. The standard InChI is InChI=1S/C14H14N2O3/c1-10-7-13(17)16(14(10)18)5-6-19-12-4-2-3-11(8-12)9-15/h2-4,8,10H,5-7H2,1H3. The van der Waals surface area contributed by atoms with Gasteiger partial charge in [-0.1, -0.05) is 13.0 Å². The van der Waals surface area contributed by atoms with E-state index in [1.165, 1.54) is 4.90 Å². The number of imide groups is 1. The van der Waals surface area contributed by atoms with Crippen LogP contribution in [0.4, 0.5) is 0 Å². The molecule has 0 bridgehead atoms. The third-order valence-corrected chi connectivity index (χ3v) is 3.02. The van der Waals surface area contributed by atoms with Crippen molar-refractivity contribution in [3.63, 3.8) is 0 Å². The predicted molar refractivity (Wildman–Crippen MR) is 67.2 cm³/mol. The van der Waals surface area contributed by atoms with E-state index in [0.29, 0.717) is 11.3 Å². The van der Waals surface area contributed by atoms with Crippen LogP contribution in [0.5, 0.6) is 5.75 Å². The van der Waals surface area contributed by atoms with Crippen molar-refractivity contribution in [2.24, 2.45) is 5.92 Å². The van der Waals surface area contributed by atoms with E-state index in [1.54, 1.807) is 31.2 Å². The van der Waals surface area contributed by atoms with Crippen molar-refractivity contribution >= 4 is 11.8 Å². The third-order valence-electron chi connectivity index (χ3n) is 3.02. The summed E-state index contributed by atoms with van der Waals surface area (Å²) in [6.45, 7) is 2.23. The van der Waals surface area contributed by atoms with Gasteiger partial charge in [0.05, 0.1) is 18.2 Å². The molecule has 1 aliphatic heterocycles. The number of hydrogen-bond donors (Lipinski definition) is 0. The summed E-state index contributed by atoms with van der Waals surface area (Å²) in [6.07, 6.45) is 0.281. The van der Waals surface area contributed by atoms with Gasteiger partial charge in [-0.25, -0.2) is 0 Å². The van der Waals surface area contributed by atoms with Gasteiger partial charge in [0.15, 0.2) is 0 Å². The van der Waals surface area contributed by atoms with Crippen molar-refractivity contribution in [1.29, 1.82) is 5.26 Å². The van der Waals surface area contributed by atoms with Crippen LogP contribution in [-0.4, -0.2) is 29.9 Å². The first-order chi connectivity index (χ1) is 9.11. The normalized spacial score (nSPS) is 18.5. The van der Waals surface area contributed by atoms with E-state index < -0.39 is 0 Å². The lowest BCUT2D eigenvalue weighted by Gasteiger charge is -2.14. The highest BCUT2D eigenvalue weighted by Gasteiger charge is 2.35. The van der Waals surface area contributed by atoms with E-state index in [0.717, 1.165) is 0 Å². The Morgan fingerprint density at radius 3 is 2.89 bits per heavy atom. The molecule has 0 saturated carbocycles. The third kappa shape index (κ3) is 2.91. The van der Waals surface area contributed by atoms with Gasteiger partial charge in [-0.2, -0.15) is 5.26 Å². The summed E-state index contributed by atoms with van der Waals surface area (Å²) in [7, 11) is 0. The minimum Gasteiger partial charge on any atom is -0.492 e. The Morgan fingerprint density at radius 2 is 2.26 bits per heavy atom. The molecule has 1 aliphatic rings. The van der Waals surface area contributed by atoms with E-state index in [-0.39, 0.29) is 37.3 Å². The highest BCUT2D eigenvalue weighted by Crippen LogP contribution is 2.18. The fraction of sp³-hybridized carbons (Fsp3) is 0.357. The van der Waals surface area contributed by atoms with Crippen LogP contribution in [0, 0.1) is 17.2 Å².